The predicted molar refractivity (Wildman–Crippen MR) is 159 cm³/mol. The third-order valence-corrected chi connectivity index (χ3v) is 5.94. The van der Waals surface area contributed by atoms with Gasteiger partial charge in [0.15, 0.2) is 0 Å². The SMILES string of the molecule is C=O.CC.COC.Cc1ccc(N2CCOCC2)cc1-n1nc(-c2cccc(OC(F)(F)F)c2)c2ccccc2c1=O. The summed E-state index contributed by atoms with van der Waals surface area (Å²) in [6, 6.07) is 18.4. The van der Waals surface area contributed by atoms with E-state index in [4.69, 9.17) is 9.53 Å². The molecular formula is C31H36F3N3O5. The number of hydrogen-bond acceptors (Lipinski definition) is 7. The van der Waals surface area contributed by atoms with E-state index < -0.39 is 6.36 Å². The number of nitrogens with zero attached hydrogens (tertiary/aromatic N) is 3. The molecule has 2 heterocycles. The van der Waals surface area contributed by atoms with E-state index in [1.165, 1.54) is 22.9 Å². The zero-order chi connectivity index (χ0) is 31.3. The number of alkyl halides is 3. The van der Waals surface area contributed by atoms with Crippen LogP contribution in [0.25, 0.3) is 27.7 Å². The summed E-state index contributed by atoms with van der Waals surface area (Å²) in [4.78, 5) is 23.7. The van der Waals surface area contributed by atoms with E-state index in [9.17, 15) is 18.0 Å². The van der Waals surface area contributed by atoms with Gasteiger partial charge in [-0.2, -0.15) is 9.78 Å². The van der Waals surface area contributed by atoms with E-state index in [-0.39, 0.29) is 11.3 Å². The molecular weight excluding hydrogens is 551 g/mol. The number of hydrogen-bond donors (Lipinski definition) is 0. The normalized spacial score (nSPS) is 12.6. The van der Waals surface area contributed by atoms with Gasteiger partial charge in [0.2, 0.25) is 0 Å². The monoisotopic (exact) mass is 587 g/mol. The maximum Gasteiger partial charge on any atom is 0.573 e. The van der Waals surface area contributed by atoms with E-state index in [0.29, 0.717) is 40.9 Å². The highest BCUT2D eigenvalue weighted by atomic mass is 19.4. The molecule has 1 aliphatic rings. The summed E-state index contributed by atoms with van der Waals surface area (Å²) in [5.41, 5.74) is 2.86. The van der Waals surface area contributed by atoms with Crippen molar-refractivity contribution in [3.8, 4) is 22.7 Å². The third kappa shape index (κ3) is 8.64. The summed E-state index contributed by atoms with van der Waals surface area (Å²) >= 11 is 0. The Morgan fingerprint density at radius 1 is 0.905 bits per heavy atom. The first-order chi connectivity index (χ1) is 20.2. The minimum absolute atomic E-state index is 0.311. The number of rotatable bonds is 4. The number of morpholine rings is 1. The van der Waals surface area contributed by atoms with Crippen LogP contribution in [0.5, 0.6) is 5.75 Å². The van der Waals surface area contributed by atoms with E-state index in [0.717, 1.165) is 24.3 Å². The minimum Gasteiger partial charge on any atom is -0.406 e. The lowest BCUT2D eigenvalue weighted by molar-refractivity contribution is -0.274. The Morgan fingerprint density at radius 2 is 1.52 bits per heavy atom. The third-order valence-electron chi connectivity index (χ3n) is 5.94. The summed E-state index contributed by atoms with van der Waals surface area (Å²) in [7, 11) is 3.25. The second kappa shape index (κ2) is 16.3. The van der Waals surface area contributed by atoms with Crippen LogP contribution >= 0.6 is 0 Å². The zero-order valence-electron chi connectivity index (χ0n) is 24.4. The average Bonchev–Trinajstić information content (AvgIpc) is 3.00. The van der Waals surface area contributed by atoms with Crippen molar-refractivity contribution in [1.82, 2.24) is 9.78 Å². The van der Waals surface area contributed by atoms with Crippen molar-refractivity contribution in [3.63, 3.8) is 0 Å². The van der Waals surface area contributed by atoms with Gasteiger partial charge in [-0.3, -0.25) is 4.79 Å². The van der Waals surface area contributed by atoms with Crippen molar-refractivity contribution >= 4 is 23.2 Å². The number of carbonyl (C=O) groups is 1. The van der Waals surface area contributed by atoms with Gasteiger partial charge in [0.25, 0.3) is 5.56 Å². The average molecular weight is 588 g/mol. The topological polar surface area (TPSA) is 82.9 Å². The highest BCUT2D eigenvalue weighted by Gasteiger charge is 2.31. The molecule has 0 amide bonds. The molecule has 1 aliphatic heterocycles. The molecule has 0 radical (unpaired) electrons. The lowest BCUT2D eigenvalue weighted by atomic mass is 10.0. The molecule has 1 saturated heterocycles. The highest BCUT2D eigenvalue weighted by Crippen LogP contribution is 2.31. The number of ether oxygens (including phenoxy) is 3. The minimum atomic E-state index is -4.82. The number of halogens is 3. The van der Waals surface area contributed by atoms with Gasteiger partial charge in [0.1, 0.15) is 12.5 Å². The molecule has 42 heavy (non-hydrogen) atoms. The van der Waals surface area contributed by atoms with Gasteiger partial charge < -0.3 is 23.9 Å². The van der Waals surface area contributed by atoms with Crippen LogP contribution in [0, 0.1) is 6.92 Å². The molecule has 1 aromatic heterocycles. The first-order valence-electron chi connectivity index (χ1n) is 13.2. The van der Waals surface area contributed by atoms with Crippen LogP contribution in [-0.4, -0.2) is 63.5 Å². The van der Waals surface area contributed by atoms with Crippen LogP contribution in [0.2, 0.25) is 0 Å². The van der Waals surface area contributed by atoms with Crippen LogP contribution in [0.3, 0.4) is 0 Å². The van der Waals surface area contributed by atoms with Gasteiger partial charge in [-0.05, 0) is 42.8 Å². The van der Waals surface area contributed by atoms with Crippen LogP contribution in [0.15, 0.2) is 71.5 Å². The van der Waals surface area contributed by atoms with E-state index in [2.05, 4.69) is 19.5 Å². The molecule has 11 heteroatoms. The molecule has 0 N–H and O–H groups in total. The molecule has 8 nitrogen and oxygen atoms in total. The summed E-state index contributed by atoms with van der Waals surface area (Å²) in [5, 5.41) is 5.60. The largest absolute Gasteiger partial charge is 0.573 e. The standard InChI is InChI=1S/C26H22F3N3O3.C2H6O.C2H6.CH2O/c1-17-9-10-19(31-11-13-34-14-12-31)16-23(17)32-25(33)22-8-3-2-7-21(22)24(30-32)18-5-4-6-20(15-18)35-26(27,28)29;1-3-2;2*1-2/h2-10,15-16H,11-14H2,1H3;1-2H3;1-2H3;1H2. The van der Waals surface area contributed by atoms with Crippen molar-refractivity contribution in [2.24, 2.45) is 0 Å². The van der Waals surface area contributed by atoms with Gasteiger partial charge in [-0.15, -0.1) is 13.2 Å². The molecule has 4 aromatic rings. The maximum atomic E-state index is 13.5. The first kappa shape index (κ1) is 34.0. The summed E-state index contributed by atoms with van der Waals surface area (Å²) < 4.78 is 53.5. The van der Waals surface area contributed by atoms with Crippen LogP contribution in [-0.2, 0) is 14.3 Å². The van der Waals surface area contributed by atoms with Gasteiger partial charge >= 0.3 is 6.36 Å². The second-order valence-corrected chi connectivity index (χ2v) is 8.67. The number of aryl methyl sites for hydroxylation is 1. The predicted octanol–water partition coefficient (Wildman–Crippen LogP) is 6.20. The van der Waals surface area contributed by atoms with Gasteiger partial charge in [-0.1, -0.05) is 50.2 Å². The zero-order valence-corrected chi connectivity index (χ0v) is 24.4. The molecule has 0 atom stereocenters. The van der Waals surface area contributed by atoms with Crippen molar-refractivity contribution in [3.05, 3.63) is 82.6 Å². The summed E-state index contributed by atoms with van der Waals surface area (Å²) in [6.07, 6.45) is -4.82. The van der Waals surface area contributed by atoms with E-state index in [1.54, 1.807) is 44.6 Å². The van der Waals surface area contributed by atoms with Crippen molar-refractivity contribution in [2.45, 2.75) is 27.1 Å². The molecule has 5 rings (SSSR count). The number of carbonyl (C=O) groups excluding carboxylic acids is 1. The molecule has 0 aliphatic carbocycles. The fraction of sp³-hybridized carbons (Fsp3) is 0.323. The van der Waals surface area contributed by atoms with Crippen molar-refractivity contribution in [2.75, 3.05) is 45.4 Å². The van der Waals surface area contributed by atoms with Gasteiger partial charge in [0.05, 0.1) is 30.0 Å². The first-order valence-corrected chi connectivity index (χ1v) is 13.2. The number of benzene rings is 3. The fourth-order valence-corrected chi connectivity index (χ4v) is 4.25. The Morgan fingerprint density at radius 3 is 2.14 bits per heavy atom. The van der Waals surface area contributed by atoms with Crippen molar-refractivity contribution < 1.29 is 32.2 Å². The summed E-state index contributed by atoms with van der Waals surface area (Å²) in [6.45, 7) is 10.6. The lowest BCUT2D eigenvalue weighted by Gasteiger charge is -2.29. The number of anilines is 1. The maximum absolute atomic E-state index is 13.5. The number of fused-ring (bicyclic) bond motifs is 1. The Bertz CT molecular complexity index is 1490. The van der Waals surface area contributed by atoms with Gasteiger partial charge in [-0.25, -0.2) is 0 Å². The molecule has 0 spiro atoms. The summed E-state index contributed by atoms with van der Waals surface area (Å²) in [5.74, 6) is -0.357. The van der Waals surface area contributed by atoms with Crippen LogP contribution < -0.4 is 15.2 Å². The second-order valence-electron chi connectivity index (χ2n) is 8.67. The molecule has 0 unspecified atom stereocenters. The molecule has 226 valence electrons. The van der Waals surface area contributed by atoms with E-state index in [1.807, 2.05) is 45.8 Å². The number of aromatic nitrogens is 2. The molecule has 1 fully saturated rings. The van der Waals surface area contributed by atoms with E-state index >= 15 is 0 Å². The van der Waals surface area contributed by atoms with Crippen molar-refractivity contribution in [1.29, 1.82) is 0 Å². The molecule has 3 aromatic carbocycles. The Labute approximate surface area is 243 Å². The smallest absolute Gasteiger partial charge is 0.406 e. The highest BCUT2D eigenvalue weighted by molar-refractivity contribution is 5.94. The Hall–Kier alpha value is -4.22. The van der Waals surface area contributed by atoms with Crippen LogP contribution in [0.4, 0.5) is 18.9 Å². The number of methoxy groups -OCH3 is 1. The lowest BCUT2D eigenvalue weighted by Crippen LogP contribution is -2.36. The van der Waals surface area contributed by atoms with Crippen LogP contribution in [0.1, 0.15) is 19.4 Å². The molecule has 0 bridgehead atoms. The molecule has 0 saturated carbocycles. The Kier molecular flexibility index (Phi) is 13.2. The fourth-order valence-electron chi connectivity index (χ4n) is 4.25. The Balaban J connectivity index is 0.000000813. The quantitative estimate of drug-likeness (QED) is 0.281. The van der Waals surface area contributed by atoms with Gasteiger partial charge in [0, 0.05) is 43.9 Å².